The molecule has 26 heavy (non-hydrogen) atoms. The van der Waals surface area contributed by atoms with Crippen LogP contribution < -0.4 is 5.32 Å². The van der Waals surface area contributed by atoms with E-state index >= 15 is 0 Å². The molecule has 1 atom stereocenters. The SMILES string of the molecule is CCNC(=NCC1(N(C)C)CCOCC1)N1CCC(CN(CC)CC)C1. The molecule has 2 saturated heterocycles. The van der Waals surface area contributed by atoms with Gasteiger partial charge in [-0.3, -0.25) is 4.99 Å². The van der Waals surface area contributed by atoms with E-state index in [1.54, 1.807) is 0 Å². The van der Waals surface area contributed by atoms with Crippen molar-refractivity contribution in [1.29, 1.82) is 0 Å². The van der Waals surface area contributed by atoms with Crippen molar-refractivity contribution in [2.45, 2.75) is 45.6 Å². The number of guanidine groups is 1. The van der Waals surface area contributed by atoms with Crippen molar-refractivity contribution in [3.63, 3.8) is 0 Å². The quantitative estimate of drug-likeness (QED) is 0.523. The number of ether oxygens (including phenoxy) is 1. The molecular weight excluding hydrogens is 326 g/mol. The Morgan fingerprint density at radius 3 is 2.46 bits per heavy atom. The van der Waals surface area contributed by atoms with Gasteiger partial charge < -0.3 is 24.8 Å². The topological polar surface area (TPSA) is 43.3 Å². The first-order chi connectivity index (χ1) is 12.5. The van der Waals surface area contributed by atoms with Gasteiger partial charge in [0.25, 0.3) is 0 Å². The minimum atomic E-state index is 0.138. The number of nitrogens with zero attached hydrogens (tertiary/aromatic N) is 4. The molecule has 0 aromatic heterocycles. The zero-order valence-electron chi connectivity index (χ0n) is 17.8. The Morgan fingerprint density at radius 2 is 1.88 bits per heavy atom. The minimum Gasteiger partial charge on any atom is -0.381 e. The van der Waals surface area contributed by atoms with Crippen LogP contribution >= 0.6 is 0 Å². The van der Waals surface area contributed by atoms with Crippen LogP contribution in [0.3, 0.4) is 0 Å². The van der Waals surface area contributed by atoms with Gasteiger partial charge in [0.1, 0.15) is 0 Å². The van der Waals surface area contributed by atoms with Crippen LogP contribution in [0.4, 0.5) is 0 Å². The fourth-order valence-electron chi connectivity index (χ4n) is 4.17. The average molecular weight is 368 g/mol. The highest BCUT2D eigenvalue weighted by atomic mass is 16.5. The summed E-state index contributed by atoms with van der Waals surface area (Å²) in [7, 11) is 4.37. The predicted molar refractivity (Wildman–Crippen MR) is 110 cm³/mol. The summed E-state index contributed by atoms with van der Waals surface area (Å²) < 4.78 is 5.60. The summed E-state index contributed by atoms with van der Waals surface area (Å²) in [6, 6.07) is 0. The van der Waals surface area contributed by atoms with Gasteiger partial charge in [-0.05, 0) is 59.3 Å². The highest BCUT2D eigenvalue weighted by molar-refractivity contribution is 5.80. The summed E-state index contributed by atoms with van der Waals surface area (Å²) in [6.07, 6.45) is 3.40. The molecule has 152 valence electrons. The smallest absolute Gasteiger partial charge is 0.193 e. The molecule has 0 bridgehead atoms. The second-order valence-electron chi connectivity index (χ2n) is 7.99. The fourth-order valence-corrected chi connectivity index (χ4v) is 4.17. The second kappa shape index (κ2) is 10.5. The second-order valence-corrected chi connectivity index (χ2v) is 7.99. The maximum absolute atomic E-state index is 5.60. The lowest BCUT2D eigenvalue weighted by atomic mass is 9.89. The Kier molecular flexibility index (Phi) is 8.64. The van der Waals surface area contributed by atoms with Crippen molar-refractivity contribution in [1.82, 2.24) is 20.0 Å². The van der Waals surface area contributed by atoms with Gasteiger partial charge in [0.15, 0.2) is 5.96 Å². The molecule has 2 fully saturated rings. The van der Waals surface area contributed by atoms with Gasteiger partial charge >= 0.3 is 0 Å². The van der Waals surface area contributed by atoms with E-state index in [9.17, 15) is 0 Å². The van der Waals surface area contributed by atoms with Gasteiger partial charge in [0.05, 0.1) is 6.54 Å². The van der Waals surface area contributed by atoms with Crippen molar-refractivity contribution in [3.8, 4) is 0 Å². The van der Waals surface area contributed by atoms with Gasteiger partial charge in [-0.25, -0.2) is 0 Å². The van der Waals surface area contributed by atoms with Crippen molar-refractivity contribution >= 4 is 5.96 Å². The van der Waals surface area contributed by atoms with E-state index in [-0.39, 0.29) is 5.54 Å². The van der Waals surface area contributed by atoms with E-state index in [1.807, 2.05) is 0 Å². The molecule has 0 aliphatic carbocycles. The molecule has 1 unspecified atom stereocenters. The first-order valence-corrected chi connectivity index (χ1v) is 10.6. The lowest BCUT2D eigenvalue weighted by molar-refractivity contribution is -0.00263. The fraction of sp³-hybridized carbons (Fsp3) is 0.950. The molecule has 0 radical (unpaired) electrons. The number of aliphatic imine (C=N–C) groups is 1. The van der Waals surface area contributed by atoms with Crippen LogP contribution in [-0.2, 0) is 4.74 Å². The summed E-state index contributed by atoms with van der Waals surface area (Å²) in [4.78, 5) is 12.5. The van der Waals surface area contributed by atoms with Crippen LogP contribution in [0, 0.1) is 5.92 Å². The molecular formula is C20H41N5O. The van der Waals surface area contributed by atoms with Gasteiger partial charge in [0.2, 0.25) is 0 Å². The summed E-state index contributed by atoms with van der Waals surface area (Å²) in [5.41, 5.74) is 0.138. The third-order valence-electron chi connectivity index (χ3n) is 6.23. The standard InChI is InChI=1S/C20H41N5O/c1-6-21-19(22-17-20(23(4)5)10-13-26-14-11-20)25-12-9-18(16-25)15-24(7-2)8-3/h18H,6-17H2,1-5H3,(H,21,22). The van der Waals surface area contributed by atoms with Gasteiger partial charge in [-0.2, -0.15) is 0 Å². The van der Waals surface area contributed by atoms with Crippen LogP contribution in [0.15, 0.2) is 4.99 Å². The maximum atomic E-state index is 5.60. The molecule has 0 aromatic rings. The van der Waals surface area contributed by atoms with Crippen LogP contribution in [-0.4, -0.2) is 99.3 Å². The number of hydrogen-bond donors (Lipinski definition) is 1. The summed E-state index contributed by atoms with van der Waals surface area (Å²) in [5.74, 6) is 1.85. The monoisotopic (exact) mass is 367 g/mol. The number of nitrogens with one attached hydrogen (secondary N) is 1. The Bertz CT molecular complexity index is 430. The van der Waals surface area contributed by atoms with Crippen LogP contribution in [0.2, 0.25) is 0 Å². The molecule has 0 aromatic carbocycles. The number of likely N-dealkylation sites (tertiary alicyclic amines) is 1. The molecule has 6 heteroatoms. The van der Waals surface area contributed by atoms with E-state index in [1.165, 1.54) is 13.0 Å². The zero-order chi connectivity index (χ0) is 19.0. The molecule has 0 saturated carbocycles. The number of likely N-dealkylation sites (N-methyl/N-ethyl adjacent to an activating group) is 1. The molecule has 2 rings (SSSR count). The Labute approximate surface area is 160 Å². The van der Waals surface area contributed by atoms with E-state index in [4.69, 9.17) is 9.73 Å². The van der Waals surface area contributed by atoms with Gasteiger partial charge in [-0.1, -0.05) is 13.8 Å². The van der Waals surface area contributed by atoms with Crippen molar-refractivity contribution in [2.24, 2.45) is 10.9 Å². The lowest BCUT2D eigenvalue weighted by Crippen LogP contribution is -2.52. The average Bonchev–Trinajstić information content (AvgIpc) is 3.12. The summed E-state index contributed by atoms with van der Waals surface area (Å²) in [5, 5.41) is 3.53. The van der Waals surface area contributed by atoms with Crippen molar-refractivity contribution in [2.75, 3.05) is 73.1 Å². The minimum absolute atomic E-state index is 0.138. The van der Waals surface area contributed by atoms with Crippen molar-refractivity contribution in [3.05, 3.63) is 0 Å². The van der Waals surface area contributed by atoms with E-state index in [0.717, 1.165) is 77.2 Å². The molecule has 2 aliphatic heterocycles. The third kappa shape index (κ3) is 5.57. The number of rotatable bonds is 8. The molecule has 1 N–H and O–H groups in total. The Morgan fingerprint density at radius 1 is 1.19 bits per heavy atom. The predicted octanol–water partition coefficient (Wildman–Crippen LogP) is 1.73. The largest absolute Gasteiger partial charge is 0.381 e. The van der Waals surface area contributed by atoms with Crippen LogP contribution in [0.25, 0.3) is 0 Å². The van der Waals surface area contributed by atoms with E-state index in [0.29, 0.717) is 0 Å². The van der Waals surface area contributed by atoms with E-state index in [2.05, 4.69) is 54.9 Å². The Balaban J connectivity index is 2.00. The molecule has 2 aliphatic rings. The zero-order valence-corrected chi connectivity index (χ0v) is 17.8. The Hall–Kier alpha value is -0.850. The summed E-state index contributed by atoms with van der Waals surface area (Å²) >= 11 is 0. The third-order valence-corrected chi connectivity index (χ3v) is 6.23. The van der Waals surface area contributed by atoms with Crippen LogP contribution in [0.1, 0.15) is 40.0 Å². The number of hydrogen-bond acceptors (Lipinski definition) is 4. The van der Waals surface area contributed by atoms with Gasteiger partial charge in [0, 0.05) is 44.9 Å². The van der Waals surface area contributed by atoms with Crippen molar-refractivity contribution < 1.29 is 4.74 Å². The molecule has 0 amide bonds. The molecule has 2 heterocycles. The summed E-state index contributed by atoms with van der Waals surface area (Å²) in [6.45, 7) is 15.9. The first kappa shape index (κ1) is 21.5. The van der Waals surface area contributed by atoms with Gasteiger partial charge in [-0.15, -0.1) is 0 Å². The highest BCUT2D eigenvalue weighted by Gasteiger charge is 2.35. The highest BCUT2D eigenvalue weighted by Crippen LogP contribution is 2.26. The molecule has 6 nitrogen and oxygen atoms in total. The first-order valence-electron chi connectivity index (χ1n) is 10.6. The maximum Gasteiger partial charge on any atom is 0.193 e. The normalized spacial score (nSPS) is 23.9. The van der Waals surface area contributed by atoms with E-state index < -0.39 is 0 Å². The van der Waals surface area contributed by atoms with Crippen LogP contribution in [0.5, 0.6) is 0 Å². The lowest BCUT2D eigenvalue weighted by Gasteiger charge is -2.42. The molecule has 0 spiro atoms.